The molecule has 0 radical (unpaired) electrons. The molecule has 7 heteroatoms. The highest BCUT2D eigenvalue weighted by Crippen LogP contribution is 2.20. The van der Waals surface area contributed by atoms with Gasteiger partial charge in [0, 0.05) is 6.54 Å². The van der Waals surface area contributed by atoms with Crippen LogP contribution in [0.25, 0.3) is 0 Å². The number of likely N-dealkylation sites (tertiary alicyclic amines) is 1. The lowest BCUT2D eigenvalue weighted by Gasteiger charge is -2.34. The van der Waals surface area contributed by atoms with E-state index in [-0.39, 0.29) is 11.9 Å². The van der Waals surface area contributed by atoms with Gasteiger partial charge in [-0.2, -0.15) is 0 Å². The van der Waals surface area contributed by atoms with Crippen LogP contribution in [0.2, 0.25) is 0 Å². The Morgan fingerprint density at radius 2 is 2.44 bits per heavy atom. The summed E-state index contributed by atoms with van der Waals surface area (Å²) in [4.78, 5) is 14.8. The highest BCUT2D eigenvalue weighted by atomic mass is 32.1. The number of piperidine rings is 1. The summed E-state index contributed by atoms with van der Waals surface area (Å²) < 4.78 is 3.69. The number of nitrogens with two attached hydrogens (primary N) is 1. The Balaban J connectivity index is 2.17. The number of nitrogens with zero attached hydrogens (tertiary/aromatic N) is 3. The largest absolute Gasteiger partial charge is 0.392 e. The summed E-state index contributed by atoms with van der Waals surface area (Å²) in [6.07, 6.45) is 4.40. The zero-order chi connectivity index (χ0) is 11.5. The number of thiocarbonyl (C=S) groups is 1. The second kappa shape index (κ2) is 4.84. The maximum absolute atomic E-state index is 12.1. The number of rotatable bonds is 2. The average Bonchev–Trinajstić information content (AvgIpc) is 2.81. The summed E-state index contributed by atoms with van der Waals surface area (Å²) in [5.41, 5.74) is 5.66. The fourth-order valence-electron chi connectivity index (χ4n) is 1.87. The van der Waals surface area contributed by atoms with Crippen LogP contribution >= 0.6 is 23.8 Å². The first-order valence-corrected chi connectivity index (χ1v) is 6.26. The van der Waals surface area contributed by atoms with Gasteiger partial charge < -0.3 is 10.6 Å². The molecule has 0 aliphatic carbocycles. The van der Waals surface area contributed by atoms with Crippen LogP contribution < -0.4 is 5.73 Å². The van der Waals surface area contributed by atoms with Crippen LogP contribution in [0.1, 0.15) is 28.9 Å². The topological polar surface area (TPSA) is 72.1 Å². The first kappa shape index (κ1) is 11.4. The molecular formula is C9H12N4OS2. The van der Waals surface area contributed by atoms with Gasteiger partial charge in [0.1, 0.15) is 4.88 Å². The Labute approximate surface area is 103 Å². The number of carbonyl (C=O) groups excluding carboxylic acids is 1. The van der Waals surface area contributed by atoms with Crippen molar-refractivity contribution in [2.75, 3.05) is 6.54 Å². The van der Waals surface area contributed by atoms with E-state index in [1.54, 1.807) is 4.90 Å². The van der Waals surface area contributed by atoms with Crippen molar-refractivity contribution in [1.82, 2.24) is 14.5 Å². The number of hydrogen-bond donors (Lipinski definition) is 1. The molecule has 86 valence electrons. The fourth-order valence-corrected chi connectivity index (χ4v) is 2.59. The molecule has 1 amide bonds. The maximum atomic E-state index is 12.1. The van der Waals surface area contributed by atoms with Crippen LogP contribution in [0.3, 0.4) is 0 Å². The third kappa shape index (κ3) is 2.19. The monoisotopic (exact) mass is 256 g/mol. The lowest BCUT2D eigenvalue weighted by molar-refractivity contribution is 0.0686. The molecule has 1 atom stereocenters. The van der Waals surface area contributed by atoms with E-state index in [2.05, 4.69) is 9.59 Å². The summed E-state index contributed by atoms with van der Waals surface area (Å²) in [5, 5.41) is 3.66. The minimum absolute atomic E-state index is 0.0625. The van der Waals surface area contributed by atoms with Gasteiger partial charge in [0.05, 0.1) is 17.2 Å². The molecule has 2 heterocycles. The summed E-state index contributed by atoms with van der Waals surface area (Å²) in [6, 6.07) is -0.113. The number of aromatic nitrogens is 2. The molecule has 0 aromatic carbocycles. The van der Waals surface area contributed by atoms with Crippen molar-refractivity contribution in [2.24, 2.45) is 5.73 Å². The smallest absolute Gasteiger partial charge is 0.267 e. The van der Waals surface area contributed by atoms with Crippen LogP contribution in [0.15, 0.2) is 6.20 Å². The van der Waals surface area contributed by atoms with Gasteiger partial charge in [-0.05, 0) is 30.8 Å². The Morgan fingerprint density at radius 3 is 3.06 bits per heavy atom. The number of carbonyl (C=O) groups is 1. The average molecular weight is 256 g/mol. The third-order valence-electron chi connectivity index (χ3n) is 2.66. The van der Waals surface area contributed by atoms with E-state index in [9.17, 15) is 4.79 Å². The van der Waals surface area contributed by atoms with Crippen molar-refractivity contribution in [2.45, 2.75) is 25.3 Å². The molecule has 1 aliphatic rings. The van der Waals surface area contributed by atoms with Crippen LogP contribution in [0, 0.1) is 0 Å². The minimum Gasteiger partial charge on any atom is -0.392 e. The third-order valence-corrected chi connectivity index (χ3v) is 3.59. The lowest BCUT2D eigenvalue weighted by Crippen LogP contribution is -2.49. The van der Waals surface area contributed by atoms with E-state index < -0.39 is 0 Å². The highest BCUT2D eigenvalue weighted by Gasteiger charge is 2.30. The van der Waals surface area contributed by atoms with Crippen LogP contribution in [-0.2, 0) is 0 Å². The van der Waals surface area contributed by atoms with Crippen molar-refractivity contribution in [3.8, 4) is 0 Å². The van der Waals surface area contributed by atoms with Crippen LogP contribution in [0.5, 0.6) is 0 Å². The molecule has 2 rings (SSSR count). The van der Waals surface area contributed by atoms with E-state index in [0.29, 0.717) is 16.4 Å². The maximum Gasteiger partial charge on any atom is 0.267 e. The quantitative estimate of drug-likeness (QED) is 0.793. The molecular weight excluding hydrogens is 244 g/mol. The lowest BCUT2D eigenvalue weighted by atomic mass is 10.0. The molecule has 1 unspecified atom stereocenters. The normalized spacial score (nSPS) is 20.8. The van der Waals surface area contributed by atoms with Crippen LogP contribution in [-0.4, -0.2) is 38.0 Å². The first-order chi connectivity index (χ1) is 7.70. The number of amides is 1. The molecule has 1 fully saturated rings. The molecule has 0 bridgehead atoms. The van der Waals surface area contributed by atoms with Gasteiger partial charge in [-0.3, -0.25) is 4.79 Å². The molecule has 0 saturated carbocycles. The van der Waals surface area contributed by atoms with Crippen LogP contribution in [0.4, 0.5) is 0 Å². The van der Waals surface area contributed by atoms with E-state index in [4.69, 9.17) is 18.0 Å². The van der Waals surface area contributed by atoms with Gasteiger partial charge in [0.2, 0.25) is 0 Å². The molecule has 1 aliphatic heterocycles. The Hall–Kier alpha value is -1.08. The molecule has 1 aromatic rings. The van der Waals surface area contributed by atoms with E-state index in [1.807, 2.05) is 0 Å². The Bertz CT molecular complexity index is 392. The Morgan fingerprint density at radius 1 is 1.62 bits per heavy atom. The zero-order valence-corrected chi connectivity index (χ0v) is 10.3. The second-order valence-electron chi connectivity index (χ2n) is 3.69. The SMILES string of the molecule is NC(=S)C1CCCCN1C(=O)c1cnns1. The van der Waals surface area contributed by atoms with Gasteiger partial charge in [0.15, 0.2) is 0 Å². The summed E-state index contributed by atoms with van der Waals surface area (Å²) >= 11 is 6.10. The molecule has 16 heavy (non-hydrogen) atoms. The highest BCUT2D eigenvalue weighted by molar-refractivity contribution is 7.80. The predicted molar refractivity (Wildman–Crippen MR) is 65.4 cm³/mol. The van der Waals surface area contributed by atoms with Gasteiger partial charge in [-0.1, -0.05) is 16.7 Å². The fraction of sp³-hybridized carbons (Fsp3) is 0.556. The second-order valence-corrected chi connectivity index (χ2v) is 4.95. The molecule has 1 saturated heterocycles. The van der Waals surface area contributed by atoms with E-state index >= 15 is 0 Å². The molecule has 2 N–H and O–H groups in total. The first-order valence-electron chi connectivity index (χ1n) is 5.08. The van der Waals surface area contributed by atoms with E-state index in [1.165, 1.54) is 6.20 Å². The Kier molecular flexibility index (Phi) is 3.45. The van der Waals surface area contributed by atoms with Crippen molar-refractivity contribution in [1.29, 1.82) is 0 Å². The van der Waals surface area contributed by atoms with Gasteiger partial charge in [-0.25, -0.2) is 0 Å². The molecule has 5 nitrogen and oxygen atoms in total. The number of hydrogen-bond acceptors (Lipinski definition) is 5. The summed E-state index contributed by atoms with van der Waals surface area (Å²) in [5.74, 6) is -0.0625. The van der Waals surface area contributed by atoms with Gasteiger partial charge in [-0.15, -0.1) is 5.10 Å². The predicted octanol–water partition coefficient (Wildman–Crippen LogP) is 0.819. The van der Waals surface area contributed by atoms with Gasteiger partial charge >= 0.3 is 0 Å². The van der Waals surface area contributed by atoms with Gasteiger partial charge in [0.25, 0.3) is 5.91 Å². The summed E-state index contributed by atoms with van der Waals surface area (Å²) in [7, 11) is 0. The summed E-state index contributed by atoms with van der Waals surface area (Å²) in [6.45, 7) is 0.707. The standard InChI is InChI=1S/C9H12N4OS2/c10-8(15)6-3-1-2-4-13(6)9(14)7-5-11-12-16-7/h5-6H,1-4H2,(H2,10,15). The van der Waals surface area contributed by atoms with Crippen molar-refractivity contribution >= 4 is 34.6 Å². The minimum atomic E-state index is -0.113. The van der Waals surface area contributed by atoms with Crippen molar-refractivity contribution in [3.63, 3.8) is 0 Å². The van der Waals surface area contributed by atoms with Crippen molar-refractivity contribution in [3.05, 3.63) is 11.1 Å². The zero-order valence-electron chi connectivity index (χ0n) is 8.63. The van der Waals surface area contributed by atoms with E-state index in [0.717, 1.165) is 30.8 Å². The molecule has 0 spiro atoms. The molecule has 1 aromatic heterocycles. The van der Waals surface area contributed by atoms with Crippen molar-refractivity contribution < 1.29 is 4.79 Å².